The average Bonchev–Trinajstić information content (AvgIpc) is 3.71. The fourth-order valence-corrected chi connectivity index (χ4v) is 9.81. The van der Waals surface area contributed by atoms with E-state index in [9.17, 15) is 24.3 Å². The van der Waals surface area contributed by atoms with Gasteiger partial charge in [-0.2, -0.15) is 0 Å². The van der Waals surface area contributed by atoms with Crippen LogP contribution in [-0.4, -0.2) is 65.8 Å². The van der Waals surface area contributed by atoms with Crippen LogP contribution in [0.25, 0.3) is 0 Å². The van der Waals surface area contributed by atoms with Crippen LogP contribution in [0.15, 0.2) is 41.8 Å². The van der Waals surface area contributed by atoms with Crippen LogP contribution < -0.4 is 16.0 Å². The first kappa shape index (κ1) is 34.6. The maximum absolute atomic E-state index is 13.6. The molecule has 4 aliphatic rings. The number of aliphatic hydroxyl groups is 1. The number of Topliss-reactive ketones (excluding diaryl/α,β-unsaturated/α-hetero) is 1. The van der Waals surface area contributed by atoms with Gasteiger partial charge in [0.15, 0.2) is 0 Å². The second kappa shape index (κ2) is 13.8. The van der Waals surface area contributed by atoms with E-state index in [1.54, 1.807) is 0 Å². The molecule has 4 N–H and O–H groups in total. The van der Waals surface area contributed by atoms with Crippen LogP contribution in [0.5, 0.6) is 0 Å². The Kier molecular flexibility index (Phi) is 10.4. The molecule has 2 bridgehead atoms. The van der Waals surface area contributed by atoms with E-state index in [1.165, 1.54) is 11.8 Å². The van der Waals surface area contributed by atoms with E-state index < -0.39 is 23.0 Å². The van der Waals surface area contributed by atoms with E-state index in [-0.39, 0.29) is 65.1 Å². The molecule has 1 saturated heterocycles. The summed E-state index contributed by atoms with van der Waals surface area (Å²) in [7, 11) is 0. The summed E-state index contributed by atoms with van der Waals surface area (Å²) < 4.78 is 6.37. The third kappa shape index (κ3) is 6.54. The van der Waals surface area contributed by atoms with Gasteiger partial charge in [-0.25, -0.2) is 0 Å². The molecule has 9 nitrogen and oxygen atoms in total. The average molecular weight is 654 g/mol. The van der Waals surface area contributed by atoms with Gasteiger partial charge in [0.05, 0.1) is 24.4 Å². The van der Waals surface area contributed by atoms with Crippen LogP contribution >= 0.6 is 11.8 Å². The van der Waals surface area contributed by atoms with E-state index in [0.29, 0.717) is 19.4 Å². The number of aliphatic hydroxyl groups excluding tert-OH is 1. The Morgan fingerprint density at radius 2 is 1.96 bits per heavy atom. The number of thioether (sulfide) groups is 1. The van der Waals surface area contributed by atoms with Crippen molar-refractivity contribution in [3.63, 3.8) is 0 Å². The maximum atomic E-state index is 13.6. The third-order valence-corrected chi connectivity index (χ3v) is 13.1. The Morgan fingerprint density at radius 1 is 1.17 bits per heavy atom. The van der Waals surface area contributed by atoms with E-state index in [2.05, 4.69) is 43.3 Å². The smallest absolute Gasteiger partial charge is 0.316 e. The van der Waals surface area contributed by atoms with Crippen molar-refractivity contribution in [1.29, 1.82) is 0 Å². The fraction of sp³-hybridized carbons (Fsp3) is 0.667. The predicted molar refractivity (Wildman–Crippen MR) is 178 cm³/mol. The zero-order chi connectivity index (χ0) is 33.3. The van der Waals surface area contributed by atoms with Gasteiger partial charge >= 0.3 is 5.97 Å². The number of carbonyl (C=O) groups excluding carboxylic acids is 4. The largest absolute Gasteiger partial charge is 0.461 e. The molecule has 9 atom stereocenters. The van der Waals surface area contributed by atoms with Crippen LogP contribution in [0.4, 0.5) is 0 Å². The first-order chi connectivity index (χ1) is 21.8. The molecule has 10 heteroatoms. The van der Waals surface area contributed by atoms with Crippen molar-refractivity contribution in [2.75, 3.05) is 18.8 Å². The highest BCUT2D eigenvalue weighted by molar-refractivity contribution is 8.00. The molecular weight excluding hydrogens is 602 g/mol. The zero-order valence-corrected chi connectivity index (χ0v) is 28.5. The van der Waals surface area contributed by atoms with Gasteiger partial charge in [-0.05, 0) is 80.0 Å². The molecule has 3 unspecified atom stereocenters. The lowest BCUT2D eigenvalue weighted by Gasteiger charge is -2.61. The summed E-state index contributed by atoms with van der Waals surface area (Å²) in [5.41, 5.74) is -0.652. The van der Waals surface area contributed by atoms with Crippen LogP contribution in [0.2, 0.25) is 0 Å². The van der Waals surface area contributed by atoms with Gasteiger partial charge in [-0.15, -0.1) is 18.3 Å². The highest BCUT2D eigenvalue weighted by atomic mass is 32.2. The molecule has 3 aliphatic carbocycles. The molecule has 0 aromatic heterocycles. The van der Waals surface area contributed by atoms with E-state index in [1.807, 2.05) is 37.3 Å². The number of benzene rings is 1. The number of ether oxygens (including phenoxy) is 1. The zero-order valence-electron chi connectivity index (χ0n) is 27.7. The highest BCUT2D eigenvalue weighted by Crippen LogP contribution is 2.68. The molecule has 1 aliphatic heterocycles. The monoisotopic (exact) mass is 653 g/mol. The molecule has 1 aromatic rings. The second-order valence-electron chi connectivity index (χ2n) is 14.6. The first-order valence-corrected chi connectivity index (χ1v) is 17.9. The number of esters is 1. The molecule has 1 heterocycles. The number of rotatable bonds is 10. The highest BCUT2D eigenvalue weighted by Gasteiger charge is 2.68. The summed E-state index contributed by atoms with van der Waals surface area (Å²) in [6.45, 7) is 13.6. The summed E-state index contributed by atoms with van der Waals surface area (Å²) in [4.78, 5) is 52.5. The lowest BCUT2D eigenvalue weighted by Crippen LogP contribution is -2.63. The SMILES string of the molecule is C=C[C@]1(C)C[C@@H](OC(=O)CSc2cccc(CNC(=O)CNC(=O)[C@H]3CCCN3)c2)[C@]2(C)C(C)CCC3(CCC(=O)C32)[C@@H](C)[C@@H]1O. The number of nitrogens with one attached hydrogen (secondary N) is 3. The Labute approximate surface area is 277 Å². The quantitative estimate of drug-likeness (QED) is 0.168. The Hall–Kier alpha value is -2.69. The van der Waals surface area contributed by atoms with Gasteiger partial charge < -0.3 is 25.8 Å². The van der Waals surface area contributed by atoms with Crippen molar-refractivity contribution < 1.29 is 29.0 Å². The van der Waals surface area contributed by atoms with Crippen molar-refractivity contribution in [2.24, 2.45) is 34.0 Å². The molecule has 46 heavy (non-hydrogen) atoms. The van der Waals surface area contributed by atoms with Crippen LogP contribution in [0.1, 0.15) is 78.2 Å². The molecule has 4 fully saturated rings. The maximum Gasteiger partial charge on any atom is 0.316 e. The van der Waals surface area contributed by atoms with Gasteiger partial charge in [-0.3, -0.25) is 19.2 Å². The van der Waals surface area contributed by atoms with Crippen LogP contribution in [0.3, 0.4) is 0 Å². The molecule has 1 aromatic carbocycles. The van der Waals surface area contributed by atoms with Crippen molar-refractivity contribution >= 4 is 35.3 Å². The Bertz CT molecular complexity index is 1350. The summed E-state index contributed by atoms with van der Waals surface area (Å²) in [5, 5.41) is 20.4. The number of carbonyl (C=O) groups is 4. The standard InChI is InChI=1S/C36H51N3O6S/c1-6-34(4)18-28(35(5)22(2)12-14-36(23(3)32(34)43)15-13-27(40)31(35)36)45-30(42)21-46-25-10-7-9-24(17-25)19-38-29(41)20-39-33(44)26-11-8-16-37-26/h6-7,9-10,17,22-23,26,28,31-32,37,43H,1,8,11-16,18-21H2,2-5H3,(H,38,41)(H,39,44)/t22?,23-,26+,28+,31?,32-,34+,35-,36?/m0/s1. The van der Waals surface area contributed by atoms with E-state index >= 15 is 0 Å². The lowest BCUT2D eigenvalue weighted by atomic mass is 9.44. The molecule has 252 valence electrons. The van der Waals surface area contributed by atoms with Crippen molar-refractivity contribution in [3.8, 4) is 0 Å². The van der Waals surface area contributed by atoms with Crippen LogP contribution in [-0.2, 0) is 30.5 Å². The summed E-state index contributed by atoms with van der Waals surface area (Å²) in [5.74, 6) is -0.607. The van der Waals surface area contributed by atoms with Gasteiger partial charge in [0.25, 0.3) is 0 Å². The summed E-state index contributed by atoms with van der Waals surface area (Å²) in [6.07, 6.45) is 5.81. The normalized spacial score (nSPS) is 37.0. The number of amides is 2. The molecule has 0 radical (unpaired) electrons. The first-order valence-electron chi connectivity index (χ1n) is 16.9. The van der Waals surface area contributed by atoms with E-state index in [4.69, 9.17) is 4.74 Å². The Balaban J connectivity index is 1.22. The predicted octanol–water partition coefficient (Wildman–Crippen LogP) is 4.17. The number of ketones is 1. The second-order valence-corrected chi connectivity index (χ2v) is 15.7. The number of hydrogen-bond donors (Lipinski definition) is 4. The summed E-state index contributed by atoms with van der Waals surface area (Å²) in [6, 6.07) is 7.39. The van der Waals surface area contributed by atoms with E-state index in [0.717, 1.165) is 49.1 Å². The van der Waals surface area contributed by atoms with Gasteiger partial charge in [-0.1, -0.05) is 45.9 Å². The van der Waals surface area contributed by atoms with Gasteiger partial charge in [0.2, 0.25) is 11.8 Å². The topological polar surface area (TPSA) is 134 Å². The van der Waals surface area contributed by atoms with Gasteiger partial charge in [0.1, 0.15) is 11.9 Å². The Morgan fingerprint density at radius 3 is 2.67 bits per heavy atom. The van der Waals surface area contributed by atoms with Crippen LogP contribution in [0, 0.1) is 34.0 Å². The number of hydrogen-bond acceptors (Lipinski definition) is 8. The minimum absolute atomic E-state index is 0.0731. The summed E-state index contributed by atoms with van der Waals surface area (Å²) >= 11 is 1.36. The molecule has 0 spiro atoms. The fourth-order valence-electron chi connectivity index (χ4n) is 9.04. The lowest BCUT2D eigenvalue weighted by molar-refractivity contribution is -0.205. The molecule has 3 saturated carbocycles. The molecule has 5 rings (SSSR count). The minimum Gasteiger partial charge on any atom is -0.461 e. The van der Waals surface area contributed by atoms with Crippen molar-refractivity contribution in [3.05, 3.63) is 42.5 Å². The third-order valence-electron chi connectivity index (χ3n) is 12.1. The van der Waals surface area contributed by atoms with Crippen molar-refractivity contribution in [1.82, 2.24) is 16.0 Å². The van der Waals surface area contributed by atoms with Crippen molar-refractivity contribution in [2.45, 2.75) is 102 Å². The minimum atomic E-state index is -0.698. The van der Waals surface area contributed by atoms with Gasteiger partial charge in [0, 0.05) is 34.6 Å². The molecule has 2 amide bonds. The molecular formula is C36H51N3O6S.